The van der Waals surface area contributed by atoms with Gasteiger partial charge < -0.3 is 14.7 Å². The number of halogens is 1. The predicted molar refractivity (Wildman–Crippen MR) is 126 cm³/mol. The van der Waals surface area contributed by atoms with Crippen LogP contribution in [0, 0.1) is 13.8 Å². The molecule has 0 bridgehead atoms. The average molecular weight is 459 g/mol. The summed E-state index contributed by atoms with van der Waals surface area (Å²) in [5.41, 5.74) is 5.92. The zero-order valence-corrected chi connectivity index (χ0v) is 19.9. The molecule has 7 heteroatoms. The maximum Gasteiger partial charge on any atom is 0.166 e. The lowest BCUT2D eigenvalue weighted by molar-refractivity contribution is -0.267. The third-order valence-electron chi connectivity index (χ3n) is 6.65. The van der Waals surface area contributed by atoms with Gasteiger partial charge in [0.05, 0.1) is 13.7 Å². The Balaban J connectivity index is 1.72. The molecule has 172 valence electrons. The van der Waals surface area contributed by atoms with E-state index in [-0.39, 0.29) is 6.79 Å². The largest absolute Gasteiger partial charge is 0.510 e. The zero-order valence-electron chi connectivity index (χ0n) is 19.2. The summed E-state index contributed by atoms with van der Waals surface area (Å²) in [5.74, 6) is 0.398. The molecule has 1 fully saturated rings. The van der Waals surface area contributed by atoms with Crippen molar-refractivity contribution in [1.82, 2.24) is 10.1 Å². The highest BCUT2D eigenvalue weighted by atomic mass is 35.5. The number of hydroxylamine groups is 4. The molecule has 2 heterocycles. The van der Waals surface area contributed by atoms with Crippen LogP contribution in [0.4, 0.5) is 0 Å². The molecule has 0 atom stereocenters. The third kappa shape index (κ3) is 4.19. The van der Waals surface area contributed by atoms with E-state index in [4.69, 9.17) is 26.0 Å². The van der Waals surface area contributed by atoms with E-state index in [2.05, 4.69) is 26.0 Å². The second-order valence-electron chi connectivity index (χ2n) is 8.53. The summed E-state index contributed by atoms with van der Waals surface area (Å²) in [6, 6.07) is 12.2. The van der Waals surface area contributed by atoms with Gasteiger partial charge in [0.1, 0.15) is 11.3 Å². The van der Waals surface area contributed by atoms with Gasteiger partial charge in [-0.15, -0.1) is 0 Å². The van der Waals surface area contributed by atoms with Gasteiger partial charge in [0, 0.05) is 30.8 Å². The minimum atomic E-state index is -0.573. The maximum absolute atomic E-state index is 11.6. The lowest BCUT2D eigenvalue weighted by Crippen LogP contribution is -2.53. The second kappa shape index (κ2) is 9.51. The van der Waals surface area contributed by atoms with Crippen molar-refractivity contribution in [2.75, 3.05) is 40.6 Å². The molecule has 0 aromatic heterocycles. The zero-order chi connectivity index (χ0) is 22.9. The molecule has 2 aliphatic heterocycles. The number of aliphatic hydroxyl groups is 1. The van der Waals surface area contributed by atoms with Crippen molar-refractivity contribution in [3.63, 3.8) is 0 Å². The summed E-state index contributed by atoms with van der Waals surface area (Å²) < 4.78 is 5.17. The molecule has 2 aromatic carbocycles. The van der Waals surface area contributed by atoms with E-state index in [9.17, 15) is 5.11 Å². The molecule has 0 radical (unpaired) electrons. The second-order valence-corrected chi connectivity index (χ2v) is 8.97. The van der Waals surface area contributed by atoms with Gasteiger partial charge in [-0.3, -0.25) is 4.84 Å². The molecule has 6 nitrogen and oxygen atoms in total. The predicted octanol–water partition coefficient (Wildman–Crippen LogP) is 5.14. The topological polar surface area (TPSA) is 54.4 Å². The highest BCUT2D eigenvalue weighted by Crippen LogP contribution is 2.46. The lowest BCUT2D eigenvalue weighted by Gasteiger charge is -2.43. The molecule has 1 saturated heterocycles. The third-order valence-corrected chi connectivity index (χ3v) is 6.90. The van der Waals surface area contributed by atoms with Gasteiger partial charge in [-0.2, -0.15) is 10.1 Å². The van der Waals surface area contributed by atoms with Gasteiger partial charge in [-0.05, 0) is 66.6 Å². The molecule has 0 aliphatic carbocycles. The molecular weight excluding hydrogens is 428 g/mol. The van der Waals surface area contributed by atoms with Crippen LogP contribution in [0.1, 0.15) is 29.5 Å². The Bertz CT molecular complexity index is 974. The number of hydrogen-bond donors (Lipinski definition) is 1. The van der Waals surface area contributed by atoms with E-state index in [1.54, 1.807) is 14.2 Å². The number of rotatable bonds is 6. The molecule has 0 unspecified atom stereocenters. The average Bonchev–Trinajstić information content (AvgIpc) is 3.04. The van der Waals surface area contributed by atoms with Crippen molar-refractivity contribution in [3.05, 3.63) is 63.9 Å². The first-order valence-electron chi connectivity index (χ1n) is 10.9. The van der Waals surface area contributed by atoms with E-state index < -0.39 is 5.54 Å². The van der Waals surface area contributed by atoms with Crippen molar-refractivity contribution < 1.29 is 19.5 Å². The van der Waals surface area contributed by atoms with Gasteiger partial charge in [-0.25, -0.2) is 0 Å². The Hall–Kier alpha value is -1.93. The van der Waals surface area contributed by atoms with Gasteiger partial charge >= 0.3 is 0 Å². The van der Waals surface area contributed by atoms with Crippen LogP contribution in [0.5, 0.6) is 0 Å². The molecule has 1 N–H and O–H groups in total. The van der Waals surface area contributed by atoms with Crippen LogP contribution >= 0.6 is 11.6 Å². The minimum Gasteiger partial charge on any atom is -0.510 e. The molecule has 2 aliphatic rings. The minimum absolute atomic E-state index is 0.143. The summed E-state index contributed by atoms with van der Waals surface area (Å²) in [5, 5.41) is 16.1. The van der Waals surface area contributed by atoms with Gasteiger partial charge in [0.2, 0.25) is 0 Å². The Morgan fingerprint density at radius 1 is 1.00 bits per heavy atom. The number of nitrogens with zero attached hydrogens (tertiary/aromatic N) is 2. The number of methoxy groups -OCH3 is 1. The summed E-state index contributed by atoms with van der Waals surface area (Å²) in [7, 11) is 3.29. The fourth-order valence-electron chi connectivity index (χ4n) is 5.03. The van der Waals surface area contributed by atoms with Crippen LogP contribution in [0.15, 0.2) is 42.2 Å². The van der Waals surface area contributed by atoms with E-state index in [0.29, 0.717) is 38.2 Å². The molecule has 0 saturated carbocycles. The summed E-state index contributed by atoms with van der Waals surface area (Å²) in [4.78, 5) is 11.4. The fraction of sp³-hybridized carbons (Fsp3) is 0.440. The Labute approximate surface area is 194 Å². The van der Waals surface area contributed by atoms with E-state index >= 15 is 0 Å². The van der Waals surface area contributed by atoms with E-state index in [1.165, 1.54) is 0 Å². The molecule has 1 spiro atoms. The first-order valence-corrected chi connectivity index (χ1v) is 11.3. The first kappa shape index (κ1) is 23.2. The van der Waals surface area contributed by atoms with E-state index in [1.807, 2.05) is 34.4 Å². The van der Waals surface area contributed by atoms with Crippen LogP contribution < -0.4 is 0 Å². The molecule has 0 amide bonds. The summed E-state index contributed by atoms with van der Waals surface area (Å²) in [6.45, 7) is 6.28. The highest BCUT2D eigenvalue weighted by Gasteiger charge is 2.51. The summed E-state index contributed by atoms with van der Waals surface area (Å²) >= 11 is 6.06. The van der Waals surface area contributed by atoms with Crippen molar-refractivity contribution in [1.29, 1.82) is 0 Å². The van der Waals surface area contributed by atoms with Gasteiger partial charge in [0.25, 0.3) is 0 Å². The van der Waals surface area contributed by atoms with Crippen LogP contribution in [0.2, 0.25) is 5.02 Å². The summed E-state index contributed by atoms with van der Waals surface area (Å²) in [6.07, 6.45) is 1.42. The quantitative estimate of drug-likeness (QED) is 0.605. The Morgan fingerprint density at radius 3 is 2.19 bits per heavy atom. The number of aliphatic hydroxyl groups excluding tert-OH is 1. The molecule has 32 heavy (non-hydrogen) atoms. The van der Waals surface area contributed by atoms with Crippen LogP contribution in [-0.4, -0.2) is 61.4 Å². The number of benzene rings is 2. The van der Waals surface area contributed by atoms with Crippen molar-refractivity contribution in [2.45, 2.75) is 32.2 Å². The Kier molecular flexibility index (Phi) is 6.91. The number of hydrogen-bond acceptors (Lipinski definition) is 6. The van der Waals surface area contributed by atoms with Crippen molar-refractivity contribution in [2.24, 2.45) is 0 Å². The highest BCUT2D eigenvalue weighted by molar-refractivity contribution is 6.30. The van der Waals surface area contributed by atoms with Crippen LogP contribution in [0.3, 0.4) is 0 Å². The normalized spacial score (nSPS) is 19.3. The van der Waals surface area contributed by atoms with E-state index in [0.717, 1.165) is 38.4 Å². The van der Waals surface area contributed by atoms with Crippen molar-refractivity contribution in [3.8, 4) is 11.1 Å². The Morgan fingerprint density at radius 2 is 1.62 bits per heavy atom. The van der Waals surface area contributed by atoms with Crippen LogP contribution in [-0.2, 0) is 14.4 Å². The SMILES string of the molecule is COCON1CC(c2c(C)cc(-c3ccc(Cl)cc3)cc2C)=C(O)C12CCN(OC)CC2. The van der Waals surface area contributed by atoms with Crippen LogP contribution in [0.25, 0.3) is 16.7 Å². The molecular formula is C25H31ClN2O4. The molecule has 4 rings (SSSR count). The van der Waals surface area contributed by atoms with Crippen molar-refractivity contribution >= 4 is 17.2 Å². The number of aryl methyl sites for hydroxylation is 2. The first-order chi connectivity index (χ1) is 15.4. The number of ether oxygens (including phenoxy) is 1. The van der Waals surface area contributed by atoms with Gasteiger partial charge in [0.15, 0.2) is 6.79 Å². The maximum atomic E-state index is 11.6. The smallest absolute Gasteiger partial charge is 0.166 e. The molecule has 2 aromatic rings. The lowest BCUT2D eigenvalue weighted by atomic mass is 9.84. The number of piperidine rings is 1. The fourth-order valence-corrected chi connectivity index (χ4v) is 5.15. The monoisotopic (exact) mass is 458 g/mol. The standard InChI is InChI=1S/C25H31ClN2O4/c1-17-13-20(19-5-7-21(26)8-6-19)14-18(2)23(17)22-15-28(32-16-30-3)25(24(22)29)9-11-27(31-4)12-10-25/h5-8,13-14,29H,9-12,15-16H2,1-4H3. The van der Waals surface area contributed by atoms with Gasteiger partial charge in [-0.1, -0.05) is 35.9 Å².